The molecule has 17 heavy (non-hydrogen) atoms. The van der Waals surface area contributed by atoms with Gasteiger partial charge >= 0.3 is 0 Å². The number of hydrogen-bond donors (Lipinski definition) is 1. The highest BCUT2D eigenvalue weighted by Gasteiger charge is 2.32. The SMILES string of the molecule is CN(CC1CCCC1)CC1(CS)CCCCC1. The van der Waals surface area contributed by atoms with Gasteiger partial charge in [0.05, 0.1) is 0 Å². The van der Waals surface area contributed by atoms with Crippen LogP contribution in [0.4, 0.5) is 0 Å². The van der Waals surface area contributed by atoms with Crippen molar-refractivity contribution < 1.29 is 0 Å². The average Bonchev–Trinajstić information content (AvgIpc) is 2.83. The predicted molar refractivity (Wildman–Crippen MR) is 78.8 cm³/mol. The molecule has 0 aromatic heterocycles. The van der Waals surface area contributed by atoms with Crippen molar-refractivity contribution in [3.8, 4) is 0 Å². The van der Waals surface area contributed by atoms with E-state index in [0.717, 1.165) is 11.7 Å². The summed E-state index contributed by atoms with van der Waals surface area (Å²) < 4.78 is 0. The van der Waals surface area contributed by atoms with E-state index < -0.39 is 0 Å². The molecule has 2 aliphatic carbocycles. The van der Waals surface area contributed by atoms with E-state index in [9.17, 15) is 0 Å². The Morgan fingerprint density at radius 2 is 1.71 bits per heavy atom. The number of rotatable bonds is 5. The molecule has 100 valence electrons. The van der Waals surface area contributed by atoms with E-state index in [4.69, 9.17) is 0 Å². The minimum Gasteiger partial charge on any atom is -0.306 e. The summed E-state index contributed by atoms with van der Waals surface area (Å²) in [5, 5.41) is 0. The van der Waals surface area contributed by atoms with Gasteiger partial charge in [-0.1, -0.05) is 32.1 Å². The summed E-state index contributed by atoms with van der Waals surface area (Å²) >= 11 is 4.65. The fraction of sp³-hybridized carbons (Fsp3) is 1.00. The van der Waals surface area contributed by atoms with Gasteiger partial charge in [-0.2, -0.15) is 12.6 Å². The van der Waals surface area contributed by atoms with Gasteiger partial charge in [-0.3, -0.25) is 0 Å². The summed E-state index contributed by atoms with van der Waals surface area (Å²) in [6, 6.07) is 0. The van der Waals surface area contributed by atoms with Gasteiger partial charge in [0.25, 0.3) is 0 Å². The second kappa shape index (κ2) is 6.47. The highest BCUT2D eigenvalue weighted by Crippen LogP contribution is 2.38. The Bertz CT molecular complexity index is 217. The molecule has 0 atom stereocenters. The zero-order valence-corrected chi connectivity index (χ0v) is 12.4. The van der Waals surface area contributed by atoms with Gasteiger partial charge in [-0.15, -0.1) is 0 Å². The van der Waals surface area contributed by atoms with Gasteiger partial charge in [0.2, 0.25) is 0 Å². The zero-order chi connectivity index (χ0) is 12.1. The molecule has 0 amide bonds. The molecule has 2 fully saturated rings. The molecule has 0 spiro atoms. The summed E-state index contributed by atoms with van der Waals surface area (Å²) in [6.07, 6.45) is 13.0. The van der Waals surface area contributed by atoms with E-state index in [-0.39, 0.29) is 0 Å². The highest BCUT2D eigenvalue weighted by atomic mass is 32.1. The second-order valence-corrected chi connectivity index (χ2v) is 6.88. The maximum absolute atomic E-state index is 4.65. The molecule has 0 unspecified atom stereocenters. The topological polar surface area (TPSA) is 3.24 Å². The van der Waals surface area contributed by atoms with Crippen molar-refractivity contribution in [2.45, 2.75) is 57.8 Å². The molecule has 0 N–H and O–H groups in total. The molecule has 0 aliphatic heterocycles. The first-order valence-electron chi connectivity index (χ1n) is 7.53. The molecule has 0 radical (unpaired) electrons. The first kappa shape index (κ1) is 13.7. The second-order valence-electron chi connectivity index (χ2n) is 6.57. The molecule has 0 saturated heterocycles. The number of thiol groups is 1. The summed E-state index contributed by atoms with van der Waals surface area (Å²) in [6.45, 7) is 2.61. The Labute approximate surface area is 113 Å². The van der Waals surface area contributed by atoms with Crippen LogP contribution in [0.2, 0.25) is 0 Å². The van der Waals surface area contributed by atoms with Gasteiger partial charge in [0.1, 0.15) is 0 Å². The Morgan fingerprint density at radius 1 is 1.06 bits per heavy atom. The van der Waals surface area contributed by atoms with Crippen molar-refractivity contribution in [2.24, 2.45) is 11.3 Å². The van der Waals surface area contributed by atoms with Gasteiger partial charge in [0, 0.05) is 13.1 Å². The molecule has 2 heteroatoms. The smallest absolute Gasteiger partial charge is 0.00429 e. The molecule has 0 bridgehead atoms. The van der Waals surface area contributed by atoms with Crippen molar-refractivity contribution in [1.29, 1.82) is 0 Å². The van der Waals surface area contributed by atoms with Crippen LogP contribution in [0.5, 0.6) is 0 Å². The summed E-state index contributed by atoms with van der Waals surface area (Å²) in [4.78, 5) is 2.61. The summed E-state index contributed by atoms with van der Waals surface area (Å²) in [5.41, 5.74) is 0.536. The minimum atomic E-state index is 0.536. The Morgan fingerprint density at radius 3 is 2.29 bits per heavy atom. The third kappa shape index (κ3) is 3.89. The van der Waals surface area contributed by atoms with Crippen molar-refractivity contribution in [3.05, 3.63) is 0 Å². The lowest BCUT2D eigenvalue weighted by molar-refractivity contribution is 0.133. The minimum absolute atomic E-state index is 0.536. The molecule has 0 aromatic carbocycles. The van der Waals surface area contributed by atoms with E-state index in [1.165, 1.54) is 70.9 Å². The fourth-order valence-corrected chi connectivity index (χ4v) is 4.36. The first-order chi connectivity index (χ1) is 8.24. The van der Waals surface area contributed by atoms with Crippen LogP contribution in [-0.2, 0) is 0 Å². The maximum atomic E-state index is 4.65. The van der Waals surface area contributed by atoms with Crippen molar-refractivity contribution >= 4 is 12.6 Å². The number of nitrogens with zero attached hydrogens (tertiary/aromatic N) is 1. The van der Waals surface area contributed by atoms with E-state index >= 15 is 0 Å². The van der Waals surface area contributed by atoms with Gasteiger partial charge in [-0.25, -0.2) is 0 Å². The van der Waals surface area contributed by atoms with Gasteiger partial charge in [0.15, 0.2) is 0 Å². The van der Waals surface area contributed by atoms with Crippen LogP contribution in [0, 0.1) is 11.3 Å². The lowest BCUT2D eigenvalue weighted by Gasteiger charge is -2.39. The monoisotopic (exact) mass is 255 g/mol. The largest absolute Gasteiger partial charge is 0.306 e. The molecule has 0 heterocycles. The molecule has 1 nitrogen and oxygen atoms in total. The van der Waals surface area contributed by atoms with Crippen LogP contribution >= 0.6 is 12.6 Å². The van der Waals surface area contributed by atoms with Crippen molar-refractivity contribution in [2.75, 3.05) is 25.9 Å². The standard InChI is InChI=1S/C15H29NS/c1-16(11-14-7-3-4-8-14)12-15(13-17)9-5-2-6-10-15/h14,17H,2-13H2,1H3. The van der Waals surface area contributed by atoms with Crippen LogP contribution in [0.25, 0.3) is 0 Å². The van der Waals surface area contributed by atoms with Crippen LogP contribution in [0.15, 0.2) is 0 Å². The van der Waals surface area contributed by atoms with Crippen LogP contribution < -0.4 is 0 Å². The Kier molecular flexibility index (Phi) is 5.23. The maximum Gasteiger partial charge on any atom is 0.00429 e. The predicted octanol–water partition coefficient (Wildman–Crippen LogP) is 3.99. The molecular formula is C15H29NS. The van der Waals surface area contributed by atoms with Crippen molar-refractivity contribution in [3.63, 3.8) is 0 Å². The van der Waals surface area contributed by atoms with Crippen molar-refractivity contribution in [1.82, 2.24) is 4.90 Å². The third-order valence-corrected chi connectivity index (χ3v) is 5.57. The zero-order valence-electron chi connectivity index (χ0n) is 11.5. The van der Waals surface area contributed by atoms with Crippen LogP contribution in [-0.4, -0.2) is 30.8 Å². The molecule has 2 rings (SSSR count). The third-order valence-electron chi connectivity index (χ3n) is 4.90. The summed E-state index contributed by atoms with van der Waals surface area (Å²) in [7, 11) is 2.33. The first-order valence-corrected chi connectivity index (χ1v) is 8.17. The summed E-state index contributed by atoms with van der Waals surface area (Å²) in [5.74, 6) is 2.07. The van der Waals surface area contributed by atoms with E-state index in [0.29, 0.717) is 5.41 Å². The van der Waals surface area contributed by atoms with E-state index in [1.807, 2.05) is 0 Å². The van der Waals surface area contributed by atoms with Crippen LogP contribution in [0.3, 0.4) is 0 Å². The fourth-order valence-electron chi connectivity index (χ4n) is 3.94. The quantitative estimate of drug-likeness (QED) is 0.727. The Balaban J connectivity index is 1.80. The Hall–Kier alpha value is 0.310. The van der Waals surface area contributed by atoms with Gasteiger partial charge < -0.3 is 4.90 Å². The van der Waals surface area contributed by atoms with E-state index in [2.05, 4.69) is 24.6 Å². The average molecular weight is 255 g/mol. The van der Waals surface area contributed by atoms with Gasteiger partial charge in [-0.05, 0) is 49.8 Å². The lowest BCUT2D eigenvalue weighted by Crippen LogP contribution is -2.40. The molecular weight excluding hydrogens is 226 g/mol. The normalized spacial score (nSPS) is 25.6. The molecule has 2 saturated carbocycles. The van der Waals surface area contributed by atoms with E-state index in [1.54, 1.807) is 0 Å². The highest BCUT2D eigenvalue weighted by molar-refractivity contribution is 7.80. The van der Waals surface area contributed by atoms with Crippen LogP contribution in [0.1, 0.15) is 57.8 Å². The number of hydrogen-bond acceptors (Lipinski definition) is 2. The molecule has 0 aromatic rings. The molecule has 2 aliphatic rings. The lowest BCUT2D eigenvalue weighted by atomic mass is 9.75.